The number of nitrogens with zero attached hydrogens (tertiary/aromatic N) is 1. The van der Waals surface area contributed by atoms with Crippen LogP contribution >= 0.6 is 15.9 Å². The number of hydrogen-bond donors (Lipinski definition) is 1. The van der Waals surface area contributed by atoms with E-state index >= 15 is 0 Å². The Balaban J connectivity index is 1.17. The van der Waals surface area contributed by atoms with Crippen molar-refractivity contribution in [1.82, 2.24) is 10.2 Å². The van der Waals surface area contributed by atoms with Gasteiger partial charge in [0.05, 0.1) is 25.2 Å². The SMILES string of the molecule is O=C(OCc1ccccc1)N1CCC(NCC2(COc3ccc(Br)cc3)COC2)CC1. The summed E-state index contributed by atoms with van der Waals surface area (Å²) >= 11 is 3.44. The average molecular weight is 489 g/mol. The first-order chi connectivity index (χ1) is 15.1. The molecule has 2 aromatic carbocycles. The number of halogens is 1. The van der Waals surface area contributed by atoms with Crippen LogP contribution in [0.2, 0.25) is 0 Å². The second kappa shape index (κ2) is 10.5. The Morgan fingerprint density at radius 3 is 2.45 bits per heavy atom. The zero-order chi connectivity index (χ0) is 21.5. The fraction of sp³-hybridized carbons (Fsp3) is 0.458. The molecule has 0 aromatic heterocycles. The van der Waals surface area contributed by atoms with Gasteiger partial charge in [0, 0.05) is 30.1 Å². The van der Waals surface area contributed by atoms with Crippen molar-refractivity contribution in [1.29, 1.82) is 0 Å². The van der Waals surface area contributed by atoms with E-state index in [1.807, 2.05) is 54.6 Å². The molecule has 0 spiro atoms. The van der Waals surface area contributed by atoms with Crippen molar-refractivity contribution in [2.75, 3.05) is 39.5 Å². The van der Waals surface area contributed by atoms with Crippen molar-refractivity contribution >= 4 is 22.0 Å². The van der Waals surface area contributed by atoms with E-state index in [0.717, 1.165) is 35.2 Å². The lowest BCUT2D eigenvalue weighted by molar-refractivity contribution is -0.130. The molecule has 1 amide bonds. The van der Waals surface area contributed by atoms with Crippen LogP contribution in [0.25, 0.3) is 0 Å². The zero-order valence-corrected chi connectivity index (χ0v) is 19.2. The average Bonchev–Trinajstić information content (AvgIpc) is 2.79. The summed E-state index contributed by atoms with van der Waals surface area (Å²) in [4.78, 5) is 14.1. The molecule has 1 N–H and O–H groups in total. The van der Waals surface area contributed by atoms with Crippen molar-refractivity contribution in [3.63, 3.8) is 0 Å². The normalized spacial score (nSPS) is 18.3. The molecule has 0 aliphatic carbocycles. The van der Waals surface area contributed by atoms with Crippen molar-refractivity contribution in [3.05, 3.63) is 64.6 Å². The first-order valence-corrected chi connectivity index (χ1v) is 11.6. The van der Waals surface area contributed by atoms with E-state index in [-0.39, 0.29) is 11.5 Å². The molecule has 2 saturated heterocycles. The predicted molar refractivity (Wildman–Crippen MR) is 122 cm³/mol. The largest absolute Gasteiger partial charge is 0.493 e. The summed E-state index contributed by atoms with van der Waals surface area (Å²) in [6, 6.07) is 18.1. The summed E-state index contributed by atoms with van der Waals surface area (Å²) < 4.78 is 18.0. The molecule has 2 fully saturated rings. The molecule has 0 unspecified atom stereocenters. The molecule has 2 aliphatic heterocycles. The topological polar surface area (TPSA) is 60.0 Å². The minimum absolute atomic E-state index is 0.0127. The van der Waals surface area contributed by atoms with Crippen LogP contribution in [0.15, 0.2) is 59.1 Å². The van der Waals surface area contributed by atoms with Gasteiger partial charge in [-0.05, 0) is 42.7 Å². The second-order valence-electron chi connectivity index (χ2n) is 8.42. The maximum atomic E-state index is 12.3. The van der Waals surface area contributed by atoms with E-state index in [0.29, 0.717) is 45.6 Å². The van der Waals surface area contributed by atoms with Crippen molar-refractivity contribution in [2.45, 2.75) is 25.5 Å². The third-order valence-electron chi connectivity index (χ3n) is 5.90. The minimum atomic E-state index is -0.228. The number of rotatable bonds is 8. The van der Waals surface area contributed by atoms with Gasteiger partial charge in [0.1, 0.15) is 12.4 Å². The Kier molecular flexibility index (Phi) is 7.48. The molecule has 2 aromatic rings. The third kappa shape index (κ3) is 6.21. The van der Waals surface area contributed by atoms with E-state index in [1.165, 1.54) is 0 Å². The first kappa shape index (κ1) is 22.1. The van der Waals surface area contributed by atoms with Gasteiger partial charge in [-0.15, -0.1) is 0 Å². The Labute approximate surface area is 192 Å². The van der Waals surface area contributed by atoms with Gasteiger partial charge in [0.15, 0.2) is 0 Å². The number of amides is 1. The number of ether oxygens (including phenoxy) is 3. The Morgan fingerprint density at radius 1 is 1.10 bits per heavy atom. The van der Waals surface area contributed by atoms with E-state index in [1.54, 1.807) is 4.90 Å². The van der Waals surface area contributed by atoms with Crippen LogP contribution in [0, 0.1) is 5.41 Å². The molecular formula is C24H29BrN2O4. The summed E-state index contributed by atoms with van der Waals surface area (Å²) in [5.41, 5.74) is 1.02. The molecule has 7 heteroatoms. The summed E-state index contributed by atoms with van der Waals surface area (Å²) in [5, 5.41) is 3.68. The number of carbonyl (C=O) groups is 1. The van der Waals surface area contributed by atoms with E-state index in [4.69, 9.17) is 14.2 Å². The number of nitrogens with one attached hydrogen (secondary N) is 1. The first-order valence-electron chi connectivity index (χ1n) is 10.8. The van der Waals surface area contributed by atoms with Gasteiger partial charge >= 0.3 is 6.09 Å². The van der Waals surface area contributed by atoms with E-state index in [9.17, 15) is 4.79 Å². The lowest BCUT2D eigenvalue weighted by Crippen LogP contribution is -2.56. The fourth-order valence-corrected chi connectivity index (χ4v) is 4.10. The molecule has 0 saturated carbocycles. The highest BCUT2D eigenvalue weighted by molar-refractivity contribution is 9.10. The summed E-state index contributed by atoms with van der Waals surface area (Å²) in [5.74, 6) is 0.872. The van der Waals surface area contributed by atoms with Crippen LogP contribution in [-0.2, 0) is 16.1 Å². The summed E-state index contributed by atoms with van der Waals surface area (Å²) in [6.07, 6.45) is 1.62. The molecule has 4 rings (SSSR count). The number of likely N-dealkylation sites (tertiary alicyclic amines) is 1. The smallest absolute Gasteiger partial charge is 0.410 e. The quantitative estimate of drug-likeness (QED) is 0.602. The van der Waals surface area contributed by atoms with Gasteiger partial charge in [0.25, 0.3) is 0 Å². The standard InChI is InChI=1S/C24H29BrN2O4/c25-20-6-8-22(9-7-20)31-18-24(16-29-17-24)15-26-21-10-12-27(13-11-21)23(28)30-14-19-4-2-1-3-5-19/h1-9,21,26H,10-18H2. The van der Waals surface area contributed by atoms with Crippen LogP contribution in [0.3, 0.4) is 0 Å². The monoisotopic (exact) mass is 488 g/mol. The number of benzene rings is 2. The molecule has 31 heavy (non-hydrogen) atoms. The maximum Gasteiger partial charge on any atom is 0.410 e. The van der Waals surface area contributed by atoms with E-state index in [2.05, 4.69) is 21.2 Å². The van der Waals surface area contributed by atoms with Gasteiger partial charge in [-0.2, -0.15) is 0 Å². The number of hydrogen-bond acceptors (Lipinski definition) is 5. The van der Waals surface area contributed by atoms with Gasteiger partial charge in [0.2, 0.25) is 0 Å². The minimum Gasteiger partial charge on any atom is -0.493 e. The van der Waals surface area contributed by atoms with Crippen LogP contribution in [0.1, 0.15) is 18.4 Å². The molecule has 0 bridgehead atoms. The Bertz CT molecular complexity index is 834. The Morgan fingerprint density at radius 2 is 1.81 bits per heavy atom. The van der Waals surface area contributed by atoms with Gasteiger partial charge < -0.3 is 24.4 Å². The highest BCUT2D eigenvalue weighted by Crippen LogP contribution is 2.29. The van der Waals surface area contributed by atoms with Gasteiger partial charge in [-0.3, -0.25) is 0 Å². The van der Waals surface area contributed by atoms with Crippen LogP contribution in [0.5, 0.6) is 5.75 Å². The maximum absolute atomic E-state index is 12.3. The van der Waals surface area contributed by atoms with Gasteiger partial charge in [-0.25, -0.2) is 4.79 Å². The molecule has 0 atom stereocenters. The van der Waals surface area contributed by atoms with Crippen LogP contribution in [0.4, 0.5) is 4.79 Å². The number of piperidine rings is 1. The van der Waals surface area contributed by atoms with Crippen LogP contribution < -0.4 is 10.1 Å². The lowest BCUT2D eigenvalue weighted by Gasteiger charge is -2.42. The van der Waals surface area contributed by atoms with Crippen molar-refractivity contribution in [2.24, 2.45) is 5.41 Å². The molecular weight excluding hydrogens is 460 g/mol. The summed E-state index contributed by atoms with van der Waals surface area (Å²) in [6.45, 7) is 4.65. The van der Waals surface area contributed by atoms with E-state index < -0.39 is 0 Å². The van der Waals surface area contributed by atoms with Crippen molar-refractivity contribution in [3.8, 4) is 5.75 Å². The molecule has 6 nitrogen and oxygen atoms in total. The number of carbonyl (C=O) groups excluding carboxylic acids is 1. The van der Waals surface area contributed by atoms with Gasteiger partial charge in [-0.1, -0.05) is 46.3 Å². The third-order valence-corrected chi connectivity index (χ3v) is 6.43. The highest BCUT2D eigenvalue weighted by Gasteiger charge is 2.40. The summed E-state index contributed by atoms with van der Waals surface area (Å²) in [7, 11) is 0. The van der Waals surface area contributed by atoms with Crippen LogP contribution in [-0.4, -0.2) is 56.5 Å². The molecule has 0 radical (unpaired) electrons. The molecule has 2 aliphatic rings. The highest BCUT2D eigenvalue weighted by atomic mass is 79.9. The second-order valence-corrected chi connectivity index (χ2v) is 9.33. The van der Waals surface area contributed by atoms with Crippen molar-refractivity contribution < 1.29 is 19.0 Å². The lowest BCUT2D eigenvalue weighted by atomic mass is 9.86. The predicted octanol–water partition coefficient (Wildman–Crippen LogP) is 4.24. The fourth-order valence-electron chi connectivity index (χ4n) is 3.83. The Hall–Kier alpha value is -2.09. The zero-order valence-electron chi connectivity index (χ0n) is 17.6. The molecule has 166 valence electrons. The molecule has 2 heterocycles.